The Bertz CT molecular complexity index is 1250. The summed E-state index contributed by atoms with van der Waals surface area (Å²) in [7, 11) is 0. The molecule has 1 heterocycles. The number of halogens is 2. The first-order valence-electron chi connectivity index (χ1n) is 12.9. The molecule has 40 heavy (non-hydrogen) atoms. The number of primary amides is 1. The van der Waals surface area contributed by atoms with Gasteiger partial charge in [-0.15, -0.1) is 0 Å². The van der Waals surface area contributed by atoms with Crippen molar-refractivity contribution in [2.45, 2.75) is 64.6 Å². The van der Waals surface area contributed by atoms with E-state index in [2.05, 4.69) is 37.2 Å². The highest BCUT2D eigenvalue weighted by Crippen LogP contribution is 2.30. The molecule has 1 saturated heterocycles. The molecular weight excluding hydrogens is 646 g/mol. The summed E-state index contributed by atoms with van der Waals surface area (Å²) in [6.45, 7) is 6.49. The second-order valence-corrected chi connectivity index (χ2v) is 12.4. The number of hydrogen-bond acceptors (Lipinski definition) is 6. The highest BCUT2D eigenvalue weighted by atomic mass is 79.9. The lowest BCUT2D eigenvalue weighted by atomic mass is 10.0. The van der Waals surface area contributed by atoms with Crippen LogP contribution in [-0.4, -0.2) is 58.3 Å². The number of likely N-dealkylation sites (tertiary alicyclic amines) is 1. The van der Waals surface area contributed by atoms with Crippen LogP contribution >= 0.6 is 31.9 Å². The predicted molar refractivity (Wildman–Crippen MR) is 161 cm³/mol. The first-order chi connectivity index (χ1) is 18.7. The lowest BCUT2D eigenvalue weighted by molar-refractivity contribution is -0.132. The fraction of sp³-hybridized carbons (Fsp3) is 0.429. The Labute approximate surface area is 251 Å². The summed E-state index contributed by atoms with van der Waals surface area (Å²) >= 11 is 6.69. The van der Waals surface area contributed by atoms with E-state index in [-0.39, 0.29) is 37.1 Å². The number of benzene rings is 2. The van der Waals surface area contributed by atoms with Crippen LogP contribution in [0.25, 0.3) is 0 Å². The maximum atomic E-state index is 13.3. The number of nitrogens with two attached hydrogens (primary N) is 2. The van der Waals surface area contributed by atoms with Gasteiger partial charge in [0.05, 0.1) is 12.2 Å². The van der Waals surface area contributed by atoms with Gasteiger partial charge in [-0.3, -0.25) is 9.59 Å². The summed E-state index contributed by atoms with van der Waals surface area (Å²) in [6.07, 6.45) is 0.780. The van der Waals surface area contributed by atoms with E-state index in [1.54, 1.807) is 54.8 Å². The second-order valence-electron chi connectivity index (χ2n) is 10.6. The van der Waals surface area contributed by atoms with E-state index >= 15 is 0 Å². The lowest BCUT2D eigenvalue weighted by Gasteiger charge is -2.39. The van der Waals surface area contributed by atoms with Gasteiger partial charge in [0.25, 0.3) is 0 Å². The van der Waals surface area contributed by atoms with Crippen LogP contribution in [0.4, 0.5) is 21.0 Å². The number of urea groups is 1. The molecule has 5 N–H and O–H groups in total. The Kier molecular flexibility index (Phi) is 10.6. The molecule has 1 fully saturated rings. The summed E-state index contributed by atoms with van der Waals surface area (Å²) in [5, 5.41) is 2.60. The summed E-state index contributed by atoms with van der Waals surface area (Å²) in [5.41, 5.74) is 12.7. The summed E-state index contributed by atoms with van der Waals surface area (Å²) in [5.74, 6) is -0.260. The zero-order chi connectivity index (χ0) is 29.6. The molecule has 2 aromatic rings. The Morgan fingerprint density at radius 3 is 2.23 bits per heavy atom. The molecule has 2 aromatic carbocycles. The number of anilines is 2. The number of nitrogen functional groups attached to an aromatic ring is 1. The van der Waals surface area contributed by atoms with Crippen molar-refractivity contribution in [3.8, 4) is 0 Å². The number of ether oxygens (including phenoxy) is 1. The van der Waals surface area contributed by atoms with Crippen LogP contribution in [0.3, 0.4) is 0 Å². The first kappa shape index (κ1) is 31.4. The zero-order valence-electron chi connectivity index (χ0n) is 22.8. The molecule has 12 heteroatoms. The Hall–Kier alpha value is -3.12. The predicted octanol–water partition coefficient (Wildman–Crippen LogP) is 5.68. The van der Waals surface area contributed by atoms with Crippen LogP contribution in [0.2, 0.25) is 0 Å². The second kappa shape index (κ2) is 13.5. The van der Waals surface area contributed by atoms with Crippen molar-refractivity contribution in [2.24, 2.45) is 5.73 Å². The number of Topliss-reactive ketones (excluding diaryl/α,β-unsaturated/α-hetero) is 1. The van der Waals surface area contributed by atoms with Crippen LogP contribution in [-0.2, 0) is 16.1 Å². The number of amides is 4. The minimum Gasteiger partial charge on any atom is -0.444 e. The minimum atomic E-state index is -0.696. The smallest absolute Gasteiger partial charge is 0.410 e. The van der Waals surface area contributed by atoms with E-state index in [0.29, 0.717) is 57.4 Å². The van der Waals surface area contributed by atoms with Gasteiger partial charge in [0, 0.05) is 52.2 Å². The van der Waals surface area contributed by atoms with Gasteiger partial charge in [0.2, 0.25) is 5.91 Å². The first-order valence-corrected chi connectivity index (χ1v) is 14.5. The van der Waals surface area contributed by atoms with Gasteiger partial charge in [0.1, 0.15) is 5.60 Å². The standard InChI is InChI=1S/C28H35Br2N5O5/c1-28(2,3)40-27(39)35(16-17-6-4-5-7-22(17)33-26(32)38)19-10-12-34(13-11-19)24(37)9-8-23(36)18-14-20(29)25(31)21(30)15-18/h4-7,14-15,19H,8-13,16,31H2,1-3H3,(H3,32,33,38). The van der Waals surface area contributed by atoms with Crippen molar-refractivity contribution in [1.82, 2.24) is 9.80 Å². The molecule has 1 aliphatic heterocycles. The normalized spacial score (nSPS) is 14.0. The van der Waals surface area contributed by atoms with Crippen LogP contribution < -0.4 is 16.8 Å². The maximum absolute atomic E-state index is 13.3. The molecule has 0 radical (unpaired) electrons. The Morgan fingerprint density at radius 1 is 1.05 bits per heavy atom. The maximum Gasteiger partial charge on any atom is 0.410 e. The van der Waals surface area contributed by atoms with E-state index in [0.717, 1.165) is 0 Å². The quantitative estimate of drug-likeness (QED) is 0.242. The van der Waals surface area contributed by atoms with Crippen molar-refractivity contribution >= 4 is 67.0 Å². The SMILES string of the molecule is CC(C)(C)OC(=O)N(Cc1ccccc1NC(N)=O)C1CCN(C(=O)CCC(=O)c2cc(Br)c(N)c(Br)c2)CC1. The van der Waals surface area contributed by atoms with E-state index in [9.17, 15) is 19.2 Å². The average molecular weight is 681 g/mol. The number of piperidine rings is 1. The molecule has 0 saturated carbocycles. The van der Waals surface area contributed by atoms with E-state index in [1.807, 2.05) is 12.1 Å². The number of nitrogens with one attached hydrogen (secondary N) is 1. The van der Waals surface area contributed by atoms with Gasteiger partial charge < -0.3 is 31.3 Å². The highest BCUT2D eigenvalue weighted by Gasteiger charge is 2.33. The van der Waals surface area contributed by atoms with Gasteiger partial charge in [-0.2, -0.15) is 0 Å². The van der Waals surface area contributed by atoms with Crippen molar-refractivity contribution in [1.29, 1.82) is 0 Å². The van der Waals surface area contributed by atoms with Crippen LogP contribution in [0, 0.1) is 0 Å². The van der Waals surface area contributed by atoms with Gasteiger partial charge in [-0.25, -0.2) is 9.59 Å². The summed E-state index contributed by atoms with van der Waals surface area (Å²) in [4.78, 5) is 53.8. The van der Waals surface area contributed by atoms with Gasteiger partial charge in [0.15, 0.2) is 5.78 Å². The number of rotatable bonds is 8. The van der Waals surface area contributed by atoms with Gasteiger partial charge in [-0.1, -0.05) is 18.2 Å². The molecule has 10 nitrogen and oxygen atoms in total. The van der Waals surface area contributed by atoms with Crippen molar-refractivity contribution in [3.63, 3.8) is 0 Å². The molecule has 216 valence electrons. The number of nitrogens with zero attached hydrogens (tertiary/aromatic N) is 2. The average Bonchev–Trinajstić information content (AvgIpc) is 2.88. The van der Waals surface area contributed by atoms with E-state index in [4.69, 9.17) is 16.2 Å². The zero-order valence-corrected chi connectivity index (χ0v) is 26.0. The molecular formula is C28H35Br2N5O5. The topological polar surface area (TPSA) is 148 Å². The van der Waals surface area contributed by atoms with Crippen molar-refractivity contribution in [2.75, 3.05) is 24.1 Å². The van der Waals surface area contributed by atoms with Crippen molar-refractivity contribution in [3.05, 3.63) is 56.5 Å². The third-order valence-electron chi connectivity index (χ3n) is 6.47. The minimum absolute atomic E-state index is 0.0786. The number of carbonyl (C=O) groups is 4. The lowest BCUT2D eigenvalue weighted by Crippen LogP contribution is -2.49. The fourth-order valence-corrected chi connectivity index (χ4v) is 5.64. The number of carbonyl (C=O) groups excluding carboxylic acids is 4. The van der Waals surface area contributed by atoms with Crippen LogP contribution in [0.5, 0.6) is 0 Å². The Balaban J connectivity index is 1.65. The number of ketones is 1. The van der Waals surface area contributed by atoms with Crippen molar-refractivity contribution < 1.29 is 23.9 Å². The largest absolute Gasteiger partial charge is 0.444 e. The molecule has 1 aliphatic rings. The molecule has 0 aliphatic carbocycles. The van der Waals surface area contributed by atoms with Crippen LogP contribution in [0.1, 0.15) is 62.4 Å². The summed E-state index contributed by atoms with van der Waals surface area (Å²) < 4.78 is 6.92. The fourth-order valence-electron chi connectivity index (χ4n) is 4.45. The Morgan fingerprint density at radius 2 is 1.65 bits per heavy atom. The van der Waals surface area contributed by atoms with Gasteiger partial charge in [-0.05, 0) is 89.2 Å². The number of hydrogen-bond donors (Lipinski definition) is 3. The third-order valence-corrected chi connectivity index (χ3v) is 7.78. The molecule has 0 aromatic heterocycles. The highest BCUT2D eigenvalue weighted by molar-refractivity contribution is 9.11. The van der Waals surface area contributed by atoms with E-state index in [1.165, 1.54) is 0 Å². The number of para-hydroxylation sites is 1. The molecule has 0 atom stereocenters. The van der Waals surface area contributed by atoms with E-state index < -0.39 is 17.7 Å². The molecule has 0 unspecified atom stereocenters. The monoisotopic (exact) mass is 679 g/mol. The molecule has 3 rings (SSSR count). The van der Waals surface area contributed by atoms with Crippen LogP contribution in [0.15, 0.2) is 45.3 Å². The molecule has 4 amide bonds. The van der Waals surface area contributed by atoms with Gasteiger partial charge >= 0.3 is 12.1 Å². The molecule has 0 spiro atoms. The third kappa shape index (κ3) is 8.69. The summed E-state index contributed by atoms with van der Waals surface area (Å²) in [6, 6.07) is 9.55. The molecule has 0 bridgehead atoms.